The highest BCUT2D eigenvalue weighted by molar-refractivity contribution is 7.99. The second-order valence-electron chi connectivity index (χ2n) is 6.58. The minimum absolute atomic E-state index is 0.493. The molecule has 1 fully saturated rings. The lowest BCUT2D eigenvalue weighted by atomic mass is 9.93. The van der Waals surface area contributed by atoms with Gasteiger partial charge in [-0.25, -0.2) is 5.53 Å². The molecule has 2 aromatic rings. The van der Waals surface area contributed by atoms with Crippen molar-refractivity contribution in [2.45, 2.75) is 18.8 Å². The van der Waals surface area contributed by atoms with Gasteiger partial charge in [0.2, 0.25) is 0 Å². The van der Waals surface area contributed by atoms with Gasteiger partial charge in [-0.3, -0.25) is 9.88 Å². The number of aromatic nitrogens is 1. The molecule has 1 aliphatic heterocycles. The molecule has 1 aromatic carbocycles. The Morgan fingerprint density at radius 1 is 1.26 bits per heavy atom. The van der Waals surface area contributed by atoms with Crippen LogP contribution < -0.4 is 10.0 Å². The molecule has 2 heterocycles. The third kappa shape index (κ3) is 5.80. The van der Waals surface area contributed by atoms with Crippen molar-refractivity contribution in [1.82, 2.24) is 9.88 Å². The highest BCUT2D eigenvalue weighted by Crippen LogP contribution is 2.28. The second-order valence-corrected chi connectivity index (χ2v) is 7.20. The van der Waals surface area contributed by atoms with E-state index in [1.807, 2.05) is 55.1 Å². The van der Waals surface area contributed by atoms with Gasteiger partial charge in [0.25, 0.3) is 0 Å². The Bertz CT molecular complexity index is 756. The summed E-state index contributed by atoms with van der Waals surface area (Å²) in [6.07, 6.45) is 7.89. The number of piperidine rings is 1. The van der Waals surface area contributed by atoms with Crippen molar-refractivity contribution in [3.63, 3.8) is 0 Å². The molecule has 27 heavy (non-hydrogen) atoms. The maximum absolute atomic E-state index is 7.45. The monoisotopic (exact) mass is 382 g/mol. The SMILES string of the molecule is CSNc1ccnc(C2CCN(C/C(=C/Nc3ccccc3)N=N)CC2)c1. The van der Waals surface area contributed by atoms with Gasteiger partial charge in [-0.1, -0.05) is 30.1 Å². The molecule has 0 aliphatic carbocycles. The number of nitrogens with zero attached hydrogens (tertiary/aromatic N) is 3. The molecule has 6 nitrogen and oxygen atoms in total. The molecule has 3 N–H and O–H groups in total. The van der Waals surface area contributed by atoms with Gasteiger partial charge in [-0.2, -0.15) is 5.11 Å². The van der Waals surface area contributed by atoms with Crippen LogP contribution in [0.5, 0.6) is 0 Å². The Kier molecular flexibility index (Phi) is 7.24. The van der Waals surface area contributed by atoms with Crippen molar-refractivity contribution in [2.24, 2.45) is 5.11 Å². The first-order valence-electron chi connectivity index (χ1n) is 9.14. The summed E-state index contributed by atoms with van der Waals surface area (Å²) in [7, 11) is 0. The average molecular weight is 383 g/mol. The summed E-state index contributed by atoms with van der Waals surface area (Å²) in [5.74, 6) is 0.493. The van der Waals surface area contributed by atoms with Crippen LogP contribution in [-0.4, -0.2) is 35.8 Å². The molecule has 0 saturated carbocycles. The van der Waals surface area contributed by atoms with Crippen molar-refractivity contribution in [3.8, 4) is 0 Å². The number of pyridine rings is 1. The zero-order valence-electron chi connectivity index (χ0n) is 15.6. The Balaban J connectivity index is 1.52. The smallest absolute Gasteiger partial charge is 0.0923 e. The summed E-state index contributed by atoms with van der Waals surface area (Å²) in [5, 5.41) is 6.91. The fourth-order valence-corrected chi connectivity index (χ4v) is 3.65. The normalized spacial score (nSPS) is 16.1. The van der Waals surface area contributed by atoms with Gasteiger partial charge in [0.15, 0.2) is 0 Å². The quantitative estimate of drug-likeness (QED) is 0.445. The summed E-state index contributed by atoms with van der Waals surface area (Å²) in [6.45, 7) is 2.67. The fourth-order valence-electron chi connectivity index (χ4n) is 3.28. The Morgan fingerprint density at radius 3 is 2.74 bits per heavy atom. The van der Waals surface area contributed by atoms with Gasteiger partial charge in [-0.05, 0) is 50.2 Å². The van der Waals surface area contributed by atoms with Crippen LogP contribution in [0.2, 0.25) is 0 Å². The molecule has 0 bridgehead atoms. The van der Waals surface area contributed by atoms with Gasteiger partial charge in [-0.15, -0.1) is 0 Å². The molecule has 0 unspecified atom stereocenters. The summed E-state index contributed by atoms with van der Waals surface area (Å²) in [4.78, 5) is 6.93. The van der Waals surface area contributed by atoms with Crippen LogP contribution in [0.1, 0.15) is 24.5 Å². The lowest BCUT2D eigenvalue weighted by Gasteiger charge is -2.31. The second kappa shape index (κ2) is 10.1. The van der Waals surface area contributed by atoms with E-state index >= 15 is 0 Å². The summed E-state index contributed by atoms with van der Waals surface area (Å²) in [5.41, 5.74) is 11.5. The zero-order chi connectivity index (χ0) is 18.9. The first kappa shape index (κ1) is 19.4. The van der Waals surface area contributed by atoms with E-state index in [0.29, 0.717) is 12.5 Å². The first-order chi connectivity index (χ1) is 13.3. The van der Waals surface area contributed by atoms with E-state index in [4.69, 9.17) is 5.53 Å². The number of para-hydroxylation sites is 1. The molecule has 1 aliphatic rings. The van der Waals surface area contributed by atoms with Gasteiger partial charge in [0.05, 0.1) is 5.70 Å². The number of likely N-dealkylation sites (tertiary alicyclic amines) is 1. The molecule has 142 valence electrons. The van der Waals surface area contributed by atoms with Crippen LogP contribution in [-0.2, 0) is 0 Å². The van der Waals surface area contributed by atoms with Crippen molar-refractivity contribution < 1.29 is 0 Å². The van der Waals surface area contributed by atoms with Crippen LogP contribution in [0.15, 0.2) is 65.7 Å². The lowest BCUT2D eigenvalue weighted by molar-refractivity contribution is 0.225. The van der Waals surface area contributed by atoms with Crippen LogP contribution in [0.3, 0.4) is 0 Å². The van der Waals surface area contributed by atoms with E-state index in [1.54, 1.807) is 11.9 Å². The van der Waals surface area contributed by atoms with E-state index in [1.165, 1.54) is 5.69 Å². The van der Waals surface area contributed by atoms with E-state index in [-0.39, 0.29) is 0 Å². The van der Waals surface area contributed by atoms with Crippen LogP contribution in [0.25, 0.3) is 0 Å². The minimum atomic E-state index is 0.493. The maximum atomic E-state index is 7.45. The number of hydrogen-bond acceptors (Lipinski definition) is 7. The highest BCUT2D eigenvalue weighted by Gasteiger charge is 2.22. The fraction of sp³-hybridized carbons (Fsp3) is 0.350. The van der Waals surface area contributed by atoms with Crippen molar-refractivity contribution in [2.75, 3.05) is 35.9 Å². The number of anilines is 2. The van der Waals surface area contributed by atoms with Crippen LogP contribution >= 0.6 is 11.9 Å². The van der Waals surface area contributed by atoms with Gasteiger partial charge < -0.3 is 10.0 Å². The van der Waals surface area contributed by atoms with Crippen LogP contribution in [0, 0.1) is 5.53 Å². The van der Waals surface area contributed by atoms with Gasteiger partial charge >= 0.3 is 0 Å². The molecule has 0 spiro atoms. The predicted molar refractivity (Wildman–Crippen MR) is 113 cm³/mol. The highest BCUT2D eigenvalue weighted by atomic mass is 32.2. The number of hydrogen-bond donors (Lipinski definition) is 3. The van der Waals surface area contributed by atoms with Gasteiger partial charge in [0.1, 0.15) is 0 Å². The zero-order valence-corrected chi connectivity index (χ0v) is 16.4. The molecule has 0 atom stereocenters. The lowest BCUT2D eigenvalue weighted by Crippen LogP contribution is -2.34. The Morgan fingerprint density at radius 2 is 2.04 bits per heavy atom. The Hall–Kier alpha value is -2.38. The number of rotatable bonds is 8. The van der Waals surface area contributed by atoms with E-state index in [2.05, 4.69) is 31.1 Å². The molecule has 0 amide bonds. The first-order valence-corrected chi connectivity index (χ1v) is 10.4. The topological polar surface area (TPSA) is 76.4 Å². The van der Waals surface area contributed by atoms with Gasteiger partial charge in [0, 0.05) is 48.2 Å². The third-order valence-corrected chi connectivity index (χ3v) is 5.16. The van der Waals surface area contributed by atoms with E-state index in [0.717, 1.165) is 43.0 Å². The summed E-state index contributed by atoms with van der Waals surface area (Å²) < 4.78 is 3.28. The van der Waals surface area contributed by atoms with Crippen molar-refractivity contribution in [1.29, 1.82) is 5.53 Å². The largest absolute Gasteiger partial charge is 0.360 e. The predicted octanol–water partition coefficient (Wildman–Crippen LogP) is 4.94. The molecule has 0 radical (unpaired) electrons. The molecule has 7 heteroatoms. The Labute approximate surface area is 165 Å². The van der Waals surface area contributed by atoms with E-state index in [9.17, 15) is 0 Å². The molecule has 1 aromatic heterocycles. The molecular formula is C20H26N6S. The average Bonchev–Trinajstić information content (AvgIpc) is 2.73. The van der Waals surface area contributed by atoms with Crippen LogP contribution in [0.4, 0.5) is 11.4 Å². The number of benzene rings is 1. The molecule has 3 rings (SSSR count). The summed E-state index contributed by atoms with van der Waals surface area (Å²) in [6, 6.07) is 14.1. The molecule has 1 saturated heterocycles. The minimum Gasteiger partial charge on any atom is -0.360 e. The molecular weight excluding hydrogens is 356 g/mol. The number of nitrogens with one attached hydrogen (secondary N) is 3. The van der Waals surface area contributed by atoms with Crippen molar-refractivity contribution >= 4 is 23.3 Å². The standard InChI is InChI=1S/C20H26N6S/c1-27-25-18-7-10-22-20(13-18)16-8-11-26(12-9-16)15-19(24-21)14-23-17-5-3-2-4-6-17/h2-7,10,13-14,16,21,23H,8-9,11-12,15H2,1H3,(H,22,25)/b19-14-,24-21?. The maximum Gasteiger partial charge on any atom is 0.0923 e. The third-order valence-electron chi connectivity index (χ3n) is 4.72. The van der Waals surface area contributed by atoms with Crippen molar-refractivity contribution in [3.05, 3.63) is 66.3 Å². The van der Waals surface area contributed by atoms with E-state index < -0.39 is 0 Å². The summed E-state index contributed by atoms with van der Waals surface area (Å²) >= 11 is 1.60.